The fourth-order valence-electron chi connectivity index (χ4n) is 2.64. The van der Waals surface area contributed by atoms with Crippen LogP contribution in [0.15, 0.2) is 54.2 Å². The molecule has 1 aromatic heterocycles. The first-order valence-corrected chi connectivity index (χ1v) is 9.04. The Labute approximate surface area is 154 Å². The van der Waals surface area contributed by atoms with Gasteiger partial charge in [0.2, 0.25) is 0 Å². The highest BCUT2D eigenvalue weighted by Gasteiger charge is 2.15. The van der Waals surface area contributed by atoms with Gasteiger partial charge in [0.1, 0.15) is 6.61 Å². The van der Waals surface area contributed by atoms with Crippen LogP contribution in [-0.2, 0) is 20.8 Å². The number of benzene rings is 1. The quantitative estimate of drug-likeness (QED) is 0.266. The van der Waals surface area contributed by atoms with Crippen LogP contribution in [0.3, 0.4) is 0 Å². The molecule has 0 fully saturated rings. The van der Waals surface area contributed by atoms with E-state index in [1.165, 1.54) is 5.56 Å². The number of imidazole rings is 1. The lowest BCUT2D eigenvalue weighted by Crippen LogP contribution is -2.19. The van der Waals surface area contributed by atoms with E-state index in [4.69, 9.17) is 9.57 Å². The molecule has 1 atom stereocenters. The van der Waals surface area contributed by atoms with Crippen molar-refractivity contribution in [2.45, 2.75) is 45.6 Å². The molecule has 0 aliphatic carbocycles. The number of oxime groups is 1. The summed E-state index contributed by atoms with van der Waals surface area (Å²) in [6.07, 6.45) is 8.25. The summed E-state index contributed by atoms with van der Waals surface area (Å²) in [5.74, 6) is -0.157. The molecule has 0 saturated carbocycles. The number of hydrogen-bond donors (Lipinski definition) is 0. The summed E-state index contributed by atoms with van der Waals surface area (Å²) < 4.78 is 6.94. The highest BCUT2D eigenvalue weighted by Crippen LogP contribution is 2.16. The summed E-state index contributed by atoms with van der Waals surface area (Å²) in [6, 6.07) is 10.3. The number of aromatic nitrogens is 2. The summed E-state index contributed by atoms with van der Waals surface area (Å²) in [4.78, 5) is 20.9. The Morgan fingerprint density at radius 3 is 2.77 bits per heavy atom. The fraction of sp³-hybridized carbons (Fsp3) is 0.450. The van der Waals surface area contributed by atoms with Gasteiger partial charge in [-0.1, -0.05) is 35.5 Å². The second-order valence-corrected chi connectivity index (χ2v) is 6.04. The van der Waals surface area contributed by atoms with Crippen LogP contribution in [0.2, 0.25) is 0 Å². The molecule has 6 heteroatoms. The molecule has 0 aliphatic heterocycles. The summed E-state index contributed by atoms with van der Waals surface area (Å²) in [6.45, 7) is 4.69. The molecular formula is C20H27N3O3. The van der Waals surface area contributed by atoms with Crippen LogP contribution >= 0.6 is 0 Å². The van der Waals surface area contributed by atoms with E-state index in [1.54, 1.807) is 12.5 Å². The van der Waals surface area contributed by atoms with Crippen LogP contribution in [0.5, 0.6) is 0 Å². The van der Waals surface area contributed by atoms with Gasteiger partial charge < -0.3 is 14.1 Å². The molecule has 0 bridgehead atoms. The fourth-order valence-corrected chi connectivity index (χ4v) is 2.64. The van der Waals surface area contributed by atoms with E-state index in [0.717, 1.165) is 25.0 Å². The maximum atomic E-state index is 11.3. The minimum Gasteiger partial charge on any atom is -0.466 e. The molecule has 1 heterocycles. The van der Waals surface area contributed by atoms with E-state index in [2.05, 4.69) is 22.3 Å². The highest BCUT2D eigenvalue weighted by atomic mass is 16.6. The van der Waals surface area contributed by atoms with Gasteiger partial charge in [0, 0.05) is 18.8 Å². The summed E-state index contributed by atoms with van der Waals surface area (Å²) in [5.41, 5.74) is 2.12. The van der Waals surface area contributed by atoms with Gasteiger partial charge in [-0.2, -0.15) is 0 Å². The normalized spacial score (nSPS) is 12.6. The average Bonchev–Trinajstić information content (AvgIpc) is 3.18. The molecule has 2 rings (SSSR count). The van der Waals surface area contributed by atoms with E-state index in [0.29, 0.717) is 19.6 Å². The monoisotopic (exact) mass is 357 g/mol. The van der Waals surface area contributed by atoms with Crippen LogP contribution in [0.4, 0.5) is 0 Å². The van der Waals surface area contributed by atoms with E-state index >= 15 is 0 Å². The zero-order valence-electron chi connectivity index (χ0n) is 15.5. The molecular weight excluding hydrogens is 330 g/mol. The minimum absolute atomic E-state index is 0.0550. The van der Waals surface area contributed by atoms with Crippen molar-refractivity contribution in [3.63, 3.8) is 0 Å². The number of rotatable bonds is 11. The van der Waals surface area contributed by atoms with Crippen LogP contribution in [0, 0.1) is 0 Å². The van der Waals surface area contributed by atoms with Crippen molar-refractivity contribution in [2.75, 3.05) is 13.2 Å². The van der Waals surface area contributed by atoms with Crippen molar-refractivity contribution in [1.29, 1.82) is 0 Å². The number of nitrogens with zero attached hydrogens (tertiary/aromatic N) is 3. The Balaban J connectivity index is 1.85. The Morgan fingerprint density at radius 2 is 2.08 bits per heavy atom. The molecule has 1 aromatic carbocycles. The van der Waals surface area contributed by atoms with Crippen LogP contribution in [0.25, 0.3) is 0 Å². The Kier molecular flexibility index (Phi) is 8.39. The number of carbonyl (C=O) groups excluding carboxylic acids is 1. The molecule has 2 aromatic rings. The summed E-state index contributed by atoms with van der Waals surface area (Å²) >= 11 is 0. The third-order valence-electron chi connectivity index (χ3n) is 4.02. The maximum Gasteiger partial charge on any atom is 0.305 e. The van der Waals surface area contributed by atoms with Crippen molar-refractivity contribution in [3.05, 3.63) is 54.6 Å². The highest BCUT2D eigenvalue weighted by molar-refractivity contribution is 5.85. The summed E-state index contributed by atoms with van der Waals surface area (Å²) in [5, 5.41) is 4.28. The van der Waals surface area contributed by atoms with Gasteiger partial charge in [-0.3, -0.25) is 4.79 Å². The molecule has 140 valence electrons. The standard InChI is InChI=1S/C20H27N3O3/c1-3-25-20(24)11-7-8-14-26-22-17(2)19(23-13-12-21-16-23)15-18-9-5-4-6-10-18/h4-6,9-10,12-13,16,19H,3,7-8,11,14-15H2,1-2H3/b22-17+. The van der Waals surface area contributed by atoms with Crippen molar-refractivity contribution in [3.8, 4) is 0 Å². The van der Waals surface area contributed by atoms with Crippen molar-refractivity contribution in [1.82, 2.24) is 9.55 Å². The van der Waals surface area contributed by atoms with E-state index in [9.17, 15) is 4.79 Å². The third-order valence-corrected chi connectivity index (χ3v) is 4.02. The molecule has 26 heavy (non-hydrogen) atoms. The minimum atomic E-state index is -0.157. The van der Waals surface area contributed by atoms with Gasteiger partial charge in [-0.15, -0.1) is 0 Å². The lowest BCUT2D eigenvalue weighted by Gasteiger charge is -2.18. The third kappa shape index (κ3) is 6.70. The summed E-state index contributed by atoms with van der Waals surface area (Å²) in [7, 11) is 0. The first-order valence-electron chi connectivity index (χ1n) is 9.04. The molecule has 0 radical (unpaired) electrons. The predicted molar refractivity (Wildman–Crippen MR) is 101 cm³/mol. The van der Waals surface area contributed by atoms with Gasteiger partial charge in [0.05, 0.1) is 24.7 Å². The molecule has 0 amide bonds. The molecule has 0 spiro atoms. The van der Waals surface area contributed by atoms with Gasteiger partial charge in [0.15, 0.2) is 0 Å². The largest absolute Gasteiger partial charge is 0.466 e. The Bertz CT molecular complexity index is 669. The molecule has 1 unspecified atom stereocenters. The number of unbranched alkanes of at least 4 members (excludes halogenated alkanes) is 1. The van der Waals surface area contributed by atoms with Crippen LogP contribution in [0.1, 0.15) is 44.7 Å². The molecule has 0 aliphatic rings. The van der Waals surface area contributed by atoms with Gasteiger partial charge in [-0.05, 0) is 38.7 Å². The van der Waals surface area contributed by atoms with E-state index in [-0.39, 0.29) is 12.0 Å². The Hall–Kier alpha value is -2.63. The van der Waals surface area contributed by atoms with Gasteiger partial charge in [-0.25, -0.2) is 4.98 Å². The van der Waals surface area contributed by atoms with Crippen molar-refractivity contribution >= 4 is 11.7 Å². The maximum absolute atomic E-state index is 11.3. The van der Waals surface area contributed by atoms with Crippen molar-refractivity contribution < 1.29 is 14.4 Å². The number of hydrogen-bond acceptors (Lipinski definition) is 5. The second-order valence-electron chi connectivity index (χ2n) is 6.04. The van der Waals surface area contributed by atoms with Gasteiger partial charge in [0.25, 0.3) is 0 Å². The number of ether oxygens (including phenoxy) is 1. The number of esters is 1. The SMILES string of the molecule is CCOC(=O)CCCCO/N=C(\C)C(Cc1ccccc1)n1ccnc1. The second kappa shape index (κ2) is 11.1. The molecule has 0 saturated heterocycles. The lowest BCUT2D eigenvalue weighted by molar-refractivity contribution is -0.143. The zero-order chi connectivity index (χ0) is 18.6. The topological polar surface area (TPSA) is 65.7 Å². The predicted octanol–water partition coefficient (Wildman–Crippen LogP) is 3.79. The average molecular weight is 357 g/mol. The van der Waals surface area contributed by atoms with Crippen molar-refractivity contribution in [2.24, 2.45) is 5.16 Å². The first-order chi connectivity index (χ1) is 12.7. The lowest BCUT2D eigenvalue weighted by atomic mass is 10.0. The van der Waals surface area contributed by atoms with E-state index < -0.39 is 0 Å². The smallest absolute Gasteiger partial charge is 0.305 e. The molecule has 6 nitrogen and oxygen atoms in total. The first kappa shape index (κ1) is 19.7. The van der Waals surface area contributed by atoms with Gasteiger partial charge >= 0.3 is 5.97 Å². The Morgan fingerprint density at radius 1 is 1.27 bits per heavy atom. The number of carbonyl (C=O) groups is 1. The van der Waals surface area contributed by atoms with Crippen LogP contribution < -0.4 is 0 Å². The molecule has 0 N–H and O–H groups in total. The zero-order valence-corrected chi connectivity index (χ0v) is 15.5. The van der Waals surface area contributed by atoms with E-state index in [1.807, 2.05) is 42.8 Å². The van der Waals surface area contributed by atoms with Crippen LogP contribution in [-0.4, -0.2) is 34.4 Å².